The van der Waals surface area contributed by atoms with Crippen molar-refractivity contribution in [3.05, 3.63) is 38.9 Å². The van der Waals surface area contributed by atoms with Crippen LogP contribution in [0.2, 0.25) is 0 Å². The Kier molecular flexibility index (Phi) is 6.14. The van der Waals surface area contributed by atoms with E-state index in [0.29, 0.717) is 5.92 Å². The van der Waals surface area contributed by atoms with Crippen molar-refractivity contribution in [2.24, 2.45) is 5.92 Å². The topological polar surface area (TPSA) is 46.4 Å². The predicted molar refractivity (Wildman–Crippen MR) is 83.0 cm³/mol. The van der Waals surface area contributed by atoms with Crippen LogP contribution in [0.5, 0.6) is 0 Å². The highest BCUT2D eigenvalue weighted by Gasteiger charge is 2.17. The van der Waals surface area contributed by atoms with Crippen molar-refractivity contribution in [3.8, 4) is 0 Å². The zero-order valence-corrected chi connectivity index (χ0v) is 13.3. The van der Waals surface area contributed by atoms with Gasteiger partial charge in [0.15, 0.2) is 0 Å². The molecule has 0 atom stereocenters. The average Bonchev–Trinajstić information content (AvgIpc) is 2.32. The van der Waals surface area contributed by atoms with Crippen molar-refractivity contribution in [2.45, 2.75) is 47.6 Å². The largest absolute Gasteiger partial charge is 0.299 e. The first-order valence-electron chi connectivity index (χ1n) is 7.32. The summed E-state index contributed by atoms with van der Waals surface area (Å²) in [5.41, 5.74) is 3.07. The predicted octanol–water partition coefficient (Wildman–Crippen LogP) is 4.08. The van der Waals surface area contributed by atoms with Crippen LogP contribution < -0.4 is 0 Å². The lowest BCUT2D eigenvalue weighted by atomic mass is 10.0. The van der Waals surface area contributed by atoms with Gasteiger partial charge in [0, 0.05) is 24.7 Å². The summed E-state index contributed by atoms with van der Waals surface area (Å²) in [6.45, 7) is 13.2. The van der Waals surface area contributed by atoms with Gasteiger partial charge in [0.2, 0.25) is 0 Å². The second-order valence-electron chi connectivity index (χ2n) is 5.95. The van der Waals surface area contributed by atoms with Gasteiger partial charge < -0.3 is 0 Å². The van der Waals surface area contributed by atoms with Crippen LogP contribution in [0.1, 0.15) is 43.9 Å². The van der Waals surface area contributed by atoms with Crippen LogP contribution in [0, 0.1) is 29.9 Å². The first-order chi connectivity index (χ1) is 9.35. The molecule has 0 fully saturated rings. The Morgan fingerprint density at radius 1 is 1.30 bits per heavy atom. The van der Waals surface area contributed by atoms with E-state index in [9.17, 15) is 10.1 Å². The molecule has 0 N–H and O–H groups in total. The Hall–Kier alpha value is -1.42. The van der Waals surface area contributed by atoms with Crippen LogP contribution in [-0.2, 0) is 6.54 Å². The molecule has 0 aliphatic heterocycles. The van der Waals surface area contributed by atoms with Gasteiger partial charge in [0.05, 0.1) is 4.92 Å². The van der Waals surface area contributed by atoms with E-state index in [4.69, 9.17) is 0 Å². The summed E-state index contributed by atoms with van der Waals surface area (Å²) in [5.74, 6) is 0.599. The standard InChI is InChI=1S/C16H26N2O2/c1-6-7-17(10-12(2)3)11-15-8-13(4)9-16(14(15)5)18(19)20/h8-9,12H,6-7,10-11H2,1-5H3. The second-order valence-corrected chi connectivity index (χ2v) is 5.95. The van der Waals surface area contributed by atoms with E-state index in [1.165, 1.54) is 0 Å². The maximum Gasteiger partial charge on any atom is 0.272 e. The Labute approximate surface area is 121 Å². The van der Waals surface area contributed by atoms with E-state index < -0.39 is 0 Å². The molecular weight excluding hydrogens is 252 g/mol. The molecule has 0 unspecified atom stereocenters. The number of benzene rings is 1. The molecule has 4 heteroatoms. The van der Waals surface area contributed by atoms with Gasteiger partial charge in [0.1, 0.15) is 0 Å². The average molecular weight is 278 g/mol. The molecule has 0 amide bonds. The van der Waals surface area contributed by atoms with Gasteiger partial charge in [-0.1, -0.05) is 26.8 Å². The molecule has 0 bridgehead atoms. The van der Waals surface area contributed by atoms with Crippen LogP contribution in [0.4, 0.5) is 5.69 Å². The normalized spacial score (nSPS) is 11.3. The molecule has 0 saturated heterocycles. The minimum Gasteiger partial charge on any atom is -0.299 e. The Bertz CT molecular complexity index is 470. The summed E-state index contributed by atoms with van der Waals surface area (Å²) in [6.07, 6.45) is 1.10. The Balaban J connectivity index is 3.02. The highest BCUT2D eigenvalue weighted by molar-refractivity contribution is 5.47. The fourth-order valence-corrected chi connectivity index (χ4v) is 2.58. The molecule has 1 aromatic carbocycles. The van der Waals surface area contributed by atoms with E-state index in [1.807, 2.05) is 13.8 Å². The molecule has 0 aliphatic rings. The quantitative estimate of drug-likeness (QED) is 0.557. The van der Waals surface area contributed by atoms with Crippen LogP contribution in [0.3, 0.4) is 0 Å². The monoisotopic (exact) mass is 278 g/mol. The molecule has 1 aromatic rings. The molecule has 4 nitrogen and oxygen atoms in total. The van der Waals surface area contributed by atoms with Crippen LogP contribution >= 0.6 is 0 Å². The second kappa shape index (κ2) is 7.39. The van der Waals surface area contributed by atoms with Crippen molar-refractivity contribution in [1.82, 2.24) is 4.90 Å². The number of nitro benzene ring substituents is 1. The zero-order valence-electron chi connectivity index (χ0n) is 13.3. The molecule has 0 heterocycles. The van der Waals surface area contributed by atoms with Gasteiger partial charge in [-0.3, -0.25) is 15.0 Å². The zero-order chi connectivity index (χ0) is 15.3. The van der Waals surface area contributed by atoms with Gasteiger partial charge >= 0.3 is 0 Å². The molecule has 0 aliphatic carbocycles. The van der Waals surface area contributed by atoms with E-state index in [0.717, 1.165) is 42.7 Å². The highest BCUT2D eigenvalue weighted by atomic mass is 16.6. The van der Waals surface area contributed by atoms with E-state index in [1.54, 1.807) is 6.07 Å². The third kappa shape index (κ3) is 4.60. The third-order valence-corrected chi connectivity index (χ3v) is 3.39. The summed E-state index contributed by atoms with van der Waals surface area (Å²) in [7, 11) is 0. The number of hydrogen-bond donors (Lipinski definition) is 0. The minimum atomic E-state index is -0.279. The van der Waals surface area contributed by atoms with Crippen LogP contribution in [0.15, 0.2) is 12.1 Å². The Morgan fingerprint density at radius 3 is 2.45 bits per heavy atom. The molecule has 0 spiro atoms. The van der Waals surface area contributed by atoms with Crippen molar-refractivity contribution >= 4 is 5.69 Å². The lowest BCUT2D eigenvalue weighted by molar-refractivity contribution is -0.385. The summed E-state index contributed by atoms with van der Waals surface area (Å²) >= 11 is 0. The minimum absolute atomic E-state index is 0.237. The maximum absolute atomic E-state index is 11.1. The number of hydrogen-bond acceptors (Lipinski definition) is 3. The van der Waals surface area contributed by atoms with Crippen LogP contribution in [0.25, 0.3) is 0 Å². The van der Waals surface area contributed by atoms with E-state index in [2.05, 4.69) is 31.7 Å². The fourth-order valence-electron chi connectivity index (χ4n) is 2.58. The van der Waals surface area contributed by atoms with Gasteiger partial charge in [-0.2, -0.15) is 0 Å². The number of nitro groups is 1. The van der Waals surface area contributed by atoms with Crippen molar-refractivity contribution < 1.29 is 4.92 Å². The maximum atomic E-state index is 11.1. The van der Waals surface area contributed by atoms with Crippen molar-refractivity contribution in [3.63, 3.8) is 0 Å². The smallest absolute Gasteiger partial charge is 0.272 e. The van der Waals surface area contributed by atoms with Gasteiger partial charge in [-0.15, -0.1) is 0 Å². The molecule has 0 saturated carbocycles. The van der Waals surface area contributed by atoms with E-state index in [-0.39, 0.29) is 10.6 Å². The highest BCUT2D eigenvalue weighted by Crippen LogP contribution is 2.25. The first kappa shape index (κ1) is 16.6. The molecule has 1 rings (SSSR count). The summed E-state index contributed by atoms with van der Waals surface area (Å²) in [4.78, 5) is 13.2. The number of rotatable bonds is 7. The van der Waals surface area contributed by atoms with Crippen molar-refractivity contribution in [1.29, 1.82) is 0 Å². The fraction of sp³-hybridized carbons (Fsp3) is 0.625. The third-order valence-electron chi connectivity index (χ3n) is 3.39. The lowest BCUT2D eigenvalue weighted by Gasteiger charge is -2.24. The molecule has 0 radical (unpaired) electrons. The van der Waals surface area contributed by atoms with Gasteiger partial charge in [-0.05, 0) is 43.9 Å². The van der Waals surface area contributed by atoms with E-state index >= 15 is 0 Å². The Morgan fingerprint density at radius 2 is 1.95 bits per heavy atom. The van der Waals surface area contributed by atoms with Gasteiger partial charge in [-0.25, -0.2) is 0 Å². The summed E-state index contributed by atoms with van der Waals surface area (Å²) in [6, 6.07) is 3.73. The molecular formula is C16H26N2O2. The number of nitrogens with zero attached hydrogens (tertiary/aromatic N) is 2. The van der Waals surface area contributed by atoms with Crippen LogP contribution in [-0.4, -0.2) is 22.9 Å². The molecule has 112 valence electrons. The molecule has 0 aromatic heterocycles. The van der Waals surface area contributed by atoms with Crippen molar-refractivity contribution in [2.75, 3.05) is 13.1 Å². The lowest BCUT2D eigenvalue weighted by Crippen LogP contribution is -2.28. The SMILES string of the molecule is CCCN(Cc1cc(C)cc([N+](=O)[O-])c1C)CC(C)C. The number of aryl methyl sites for hydroxylation is 1. The first-order valence-corrected chi connectivity index (χ1v) is 7.32. The molecule has 20 heavy (non-hydrogen) atoms. The summed E-state index contributed by atoms with van der Waals surface area (Å²) in [5, 5.41) is 11.1. The summed E-state index contributed by atoms with van der Waals surface area (Å²) < 4.78 is 0. The van der Waals surface area contributed by atoms with Gasteiger partial charge in [0.25, 0.3) is 5.69 Å².